The molecule has 3 nitrogen and oxygen atoms in total. The second kappa shape index (κ2) is 5.45. The van der Waals surface area contributed by atoms with Crippen LogP contribution in [0.1, 0.15) is 18.1 Å². The minimum Gasteiger partial charge on any atom is -0.507 e. The third kappa shape index (κ3) is 4.01. The number of hydrogen-bond acceptors (Lipinski definition) is 2. The topological polar surface area (TPSA) is 49.3 Å². The summed E-state index contributed by atoms with van der Waals surface area (Å²) in [6.45, 7) is 1.38. The molecule has 6 heteroatoms. The van der Waals surface area contributed by atoms with E-state index in [0.29, 0.717) is 6.07 Å². The zero-order chi connectivity index (χ0) is 13.8. The Morgan fingerprint density at radius 3 is 2.61 bits per heavy atom. The van der Waals surface area contributed by atoms with Crippen molar-refractivity contribution < 1.29 is 23.1 Å². The molecule has 0 heterocycles. The molecule has 0 unspecified atom stereocenters. The van der Waals surface area contributed by atoms with Gasteiger partial charge in [-0.15, -0.1) is 0 Å². The van der Waals surface area contributed by atoms with Crippen LogP contribution in [0, 0.1) is 11.8 Å². The number of rotatable bonds is 1. The Bertz CT molecular complexity index is 512. The Hall–Kier alpha value is -2.16. The van der Waals surface area contributed by atoms with Crippen LogP contribution < -0.4 is 5.32 Å². The van der Waals surface area contributed by atoms with Gasteiger partial charge >= 0.3 is 6.18 Å². The van der Waals surface area contributed by atoms with Crippen LogP contribution in [0.5, 0.6) is 5.75 Å². The van der Waals surface area contributed by atoms with E-state index in [1.807, 2.05) is 0 Å². The smallest absolute Gasteiger partial charge is 0.416 e. The number of amides is 1. The van der Waals surface area contributed by atoms with E-state index in [-0.39, 0.29) is 18.0 Å². The predicted molar refractivity (Wildman–Crippen MR) is 58.7 cm³/mol. The van der Waals surface area contributed by atoms with Crippen LogP contribution >= 0.6 is 0 Å². The van der Waals surface area contributed by atoms with Crippen LogP contribution in [-0.2, 0) is 11.0 Å². The highest BCUT2D eigenvalue weighted by molar-refractivity contribution is 5.73. The number of aromatic hydroxyl groups is 1. The van der Waals surface area contributed by atoms with E-state index in [9.17, 15) is 23.1 Å². The quantitative estimate of drug-likeness (QED) is 0.755. The van der Waals surface area contributed by atoms with Crippen molar-refractivity contribution in [2.45, 2.75) is 13.1 Å². The van der Waals surface area contributed by atoms with Gasteiger partial charge in [0.1, 0.15) is 5.75 Å². The Labute approximate surface area is 102 Å². The summed E-state index contributed by atoms with van der Waals surface area (Å²) in [6.07, 6.45) is -4.50. The van der Waals surface area contributed by atoms with E-state index in [4.69, 9.17) is 0 Å². The highest BCUT2D eigenvalue weighted by Crippen LogP contribution is 2.32. The number of benzene rings is 1. The molecule has 0 aliphatic carbocycles. The minimum absolute atomic E-state index is 0.0653. The average molecular weight is 257 g/mol. The van der Waals surface area contributed by atoms with Crippen molar-refractivity contribution in [1.82, 2.24) is 5.32 Å². The molecular weight excluding hydrogens is 247 g/mol. The van der Waals surface area contributed by atoms with Crippen molar-refractivity contribution in [3.8, 4) is 17.6 Å². The highest BCUT2D eigenvalue weighted by Gasteiger charge is 2.30. The van der Waals surface area contributed by atoms with Crippen LogP contribution in [0.25, 0.3) is 0 Å². The normalized spacial score (nSPS) is 10.4. The van der Waals surface area contributed by atoms with Gasteiger partial charge in [0.05, 0.1) is 17.7 Å². The van der Waals surface area contributed by atoms with E-state index in [1.54, 1.807) is 0 Å². The van der Waals surface area contributed by atoms with E-state index in [1.165, 1.54) is 6.92 Å². The summed E-state index contributed by atoms with van der Waals surface area (Å²) in [6, 6.07) is 2.53. The number of carbonyl (C=O) groups is 1. The lowest BCUT2D eigenvalue weighted by Gasteiger charge is -2.07. The summed E-state index contributed by atoms with van der Waals surface area (Å²) in [5.41, 5.74) is -0.860. The lowest BCUT2D eigenvalue weighted by Crippen LogP contribution is -2.19. The zero-order valence-corrected chi connectivity index (χ0v) is 9.43. The number of nitrogens with one attached hydrogen (secondary N) is 1. The van der Waals surface area contributed by atoms with Gasteiger partial charge in [-0.1, -0.05) is 11.8 Å². The summed E-state index contributed by atoms with van der Waals surface area (Å²) >= 11 is 0. The number of hydrogen-bond donors (Lipinski definition) is 2. The fourth-order valence-electron chi connectivity index (χ4n) is 1.12. The number of halogens is 3. The third-order valence-electron chi connectivity index (χ3n) is 1.97. The van der Waals surface area contributed by atoms with Gasteiger partial charge in [-0.25, -0.2) is 0 Å². The van der Waals surface area contributed by atoms with Crippen LogP contribution in [0.4, 0.5) is 13.2 Å². The molecule has 1 amide bonds. The first kappa shape index (κ1) is 13.9. The molecule has 1 aromatic carbocycles. The summed E-state index contributed by atoms with van der Waals surface area (Å²) in [7, 11) is 0. The van der Waals surface area contributed by atoms with E-state index in [2.05, 4.69) is 17.2 Å². The van der Waals surface area contributed by atoms with Crippen molar-refractivity contribution in [1.29, 1.82) is 0 Å². The molecule has 0 aromatic heterocycles. The average Bonchev–Trinajstić information content (AvgIpc) is 2.24. The summed E-state index contributed by atoms with van der Waals surface area (Å²) in [5.74, 6) is 4.17. The van der Waals surface area contributed by atoms with Crippen molar-refractivity contribution in [3.63, 3.8) is 0 Å². The van der Waals surface area contributed by atoms with Gasteiger partial charge in [0.25, 0.3) is 0 Å². The SMILES string of the molecule is CC(=O)NCC#Cc1ccc(C(F)(F)F)cc1O. The van der Waals surface area contributed by atoms with Crippen LogP contribution in [0.3, 0.4) is 0 Å². The Morgan fingerprint density at radius 2 is 2.11 bits per heavy atom. The maximum Gasteiger partial charge on any atom is 0.416 e. The van der Waals surface area contributed by atoms with Gasteiger partial charge in [-0.3, -0.25) is 4.79 Å². The first-order chi connectivity index (χ1) is 8.30. The molecular formula is C12H10F3NO2. The summed E-state index contributed by atoms with van der Waals surface area (Å²) in [4.78, 5) is 10.5. The molecule has 18 heavy (non-hydrogen) atoms. The lowest BCUT2D eigenvalue weighted by molar-refractivity contribution is -0.137. The molecule has 1 rings (SSSR count). The molecule has 0 spiro atoms. The first-order valence-electron chi connectivity index (χ1n) is 4.94. The molecule has 0 aliphatic heterocycles. The lowest BCUT2D eigenvalue weighted by atomic mass is 10.1. The van der Waals surface area contributed by atoms with Crippen LogP contribution in [0.15, 0.2) is 18.2 Å². The number of phenols is 1. The molecule has 0 radical (unpaired) electrons. The molecule has 0 fully saturated rings. The number of alkyl halides is 3. The van der Waals surface area contributed by atoms with Gasteiger partial charge < -0.3 is 10.4 Å². The number of carbonyl (C=O) groups excluding carboxylic acids is 1. The van der Waals surface area contributed by atoms with Crippen LogP contribution in [-0.4, -0.2) is 17.6 Å². The summed E-state index contributed by atoms with van der Waals surface area (Å²) in [5, 5.41) is 11.8. The second-order valence-corrected chi connectivity index (χ2v) is 3.44. The molecule has 0 aliphatic rings. The van der Waals surface area contributed by atoms with Gasteiger partial charge in [0, 0.05) is 6.92 Å². The maximum absolute atomic E-state index is 12.3. The van der Waals surface area contributed by atoms with Gasteiger partial charge in [-0.05, 0) is 18.2 Å². The highest BCUT2D eigenvalue weighted by atomic mass is 19.4. The van der Waals surface area contributed by atoms with Crippen molar-refractivity contribution >= 4 is 5.91 Å². The molecule has 0 saturated heterocycles. The predicted octanol–water partition coefficient (Wildman–Crippen LogP) is 1.90. The zero-order valence-electron chi connectivity index (χ0n) is 9.43. The molecule has 2 N–H and O–H groups in total. The van der Waals surface area contributed by atoms with Gasteiger partial charge in [0.15, 0.2) is 0 Å². The Kier molecular flexibility index (Phi) is 4.21. The fourth-order valence-corrected chi connectivity index (χ4v) is 1.12. The van der Waals surface area contributed by atoms with Crippen molar-refractivity contribution in [2.24, 2.45) is 0 Å². The Morgan fingerprint density at radius 1 is 1.44 bits per heavy atom. The standard InChI is InChI=1S/C12H10F3NO2/c1-8(17)16-6-2-3-9-4-5-10(7-11(9)18)12(13,14)15/h4-5,7,18H,6H2,1H3,(H,16,17). The monoisotopic (exact) mass is 257 g/mol. The second-order valence-electron chi connectivity index (χ2n) is 3.44. The van der Waals surface area contributed by atoms with E-state index in [0.717, 1.165) is 12.1 Å². The first-order valence-corrected chi connectivity index (χ1v) is 4.94. The molecule has 0 atom stereocenters. The van der Waals surface area contributed by atoms with Crippen molar-refractivity contribution in [2.75, 3.05) is 6.54 Å². The van der Waals surface area contributed by atoms with E-state index < -0.39 is 17.5 Å². The van der Waals surface area contributed by atoms with Crippen molar-refractivity contribution in [3.05, 3.63) is 29.3 Å². The third-order valence-corrected chi connectivity index (χ3v) is 1.97. The Balaban J connectivity index is 2.83. The fraction of sp³-hybridized carbons (Fsp3) is 0.250. The molecule has 96 valence electrons. The van der Waals surface area contributed by atoms with Crippen LogP contribution in [0.2, 0.25) is 0 Å². The maximum atomic E-state index is 12.3. The number of phenolic OH excluding ortho intramolecular Hbond substituents is 1. The molecule has 1 aromatic rings. The van der Waals surface area contributed by atoms with Gasteiger partial charge in [-0.2, -0.15) is 13.2 Å². The molecule has 0 saturated carbocycles. The minimum atomic E-state index is -4.50. The summed E-state index contributed by atoms with van der Waals surface area (Å²) < 4.78 is 36.9. The largest absolute Gasteiger partial charge is 0.507 e. The van der Waals surface area contributed by atoms with E-state index >= 15 is 0 Å². The van der Waals surface area contributed by atoms with Gasteiger partial charge in [0.2, 0.25) is 5.91 Å². The molecule has 0 bridgehead atoms.